The number of aliphatic hydroxyl groups excluding tert-OH is 1. The maximum absolute atomic E-state index is 10.8. The first-order chi connectivity index (χ1) is 5.00. The van der Waals surface area contributed by atoms with Gasteiger partial charge in [0.1, 0.15) is 0 Å². The second-order valence-corrected chi connectivity index (χ2v) is 4.60. The lowest BCUT2D eigenvalue weighted by molar-refractivity contribution is 0.143. The SMILES string of the molecule is NS(=O)(=O)C1CNC[C@H](O)C1. The van der Waals surface area contributed by atoms with E-state index in [0.717, 1.165) is 0 Å². The second kappa shape index (κ2) is 3.06. The van der Waals surface area contributed by atoms with Crippen molar-refractivity contribution in [3.05, 3.63) is 0 Å². The zero-order chi connectivity index (χ0) is 8.48. The lowest BCUT2D eigenvalue weighted by Gasteiger charge is -2.24. The molecular formula is C5H12N2O3S. The van der Waals surface area contributed by atoms with Crippen molar-refractivity contribution in [3.63, 3.8) is 0 Å². The van der Waals surface area contributed by atoms with Gasteiger partial charge in [0.25, 0.3) is 0 Å². The minimum Gasteiger partial charge on any atom is -0.392 e. The molecule has 1 rings (SSSR count). The third-order valence-corrected chi connectivity index (χ3v) is 3.04. The van der Waals surface area contributed by atoms with Crippen molar-refractivity contribution in [2.75, 3.05) is 13.1 Å². The highest BCUT2D eigenvalue weighted by Crippen LogP contribution is 2.08. The van der Waals surface area contributed by atoms with Crippen molar-refractivity contribution in [3.8, 4) is 0 Å². The number of rotatable bonds is 1. The average molecular weight is 180 g/mol. The molecule has 0 saturated carbocycles. The molecule has 0 bridgehead atoms. The van der Waals surface area contributed by atoms with Crippen LogP contribution in [0.2, 0.25) is 0 Å². The molecule has 0 spiro atoms. The number of sulfonamides is 1. The topological polar surface area (TPSA) is 92.4 Å². The Bertz CT molecular complexity index is 226. The predicted molar refractivity (Wildman–Crippen MR) is 40.4 cm³/mol. The Labute approximate surface area is 65.6 Å². The summed E-state index contributed by atoms with van der Waals surface area (Å²) in [7, 11) is -3.48. The lowest BCUT2D eigenvalue weighted by atomic mass is 10.1. The molecule has 0 aromatic rings. The number of β-amino-alcohol motifs (C(OH)–C–C–N with tert-alkyl or cyclic N) is 1. The monoisotopic (exact) mass is 180 g/mol. The number of aliphatic hydroxyl groups is 1. The molecule has 0 radical (unpaired) electrons. The van der Waals surface area contributed by atoms with E-state index in [4.69, 9.17) is 10.2 Å². The zero-order valence-corrected chi connectivity index (χ0v) is 6.84. The molecule has 11 heavy (non-hydrogen) atoms. The van der Waals surface area contributed by atoms with Gasteiger partial charge in [0.05, 0.1) is 11.4 Å². The molecule has 0 aromatic carbocycles. The fourth-order valence-corrected chi connectivity index (χ4v) is 1.97. The van der Waals surface area contributed by atoms with E-state index in [9.17, 15) is 8.42 Å². The first-order valence-electron chi connectivity index (χ1n) is 3.40. The Morgan fingerprint density at radius 1 is 1.45 bits per heavy atom. The number of hydrogen-bond donors (Lipinski definition) is 3. The van der Waals surface area contributed by atoms with Crippen molar-refractivity contribution >= 4 is 10.0 Å². The molecule has 1 aliphatic heterocycles. The van der Waals surface area contributed by atoms with E-state index in [0.29, 0.717) is 13.1 Å². The molecule has 1 aliphatic rings. The minimum absolute atomic E-state index is 0.242. The molecule has 6 heteroatoms. The molecule has 5 nitrogen and oxygen atoms in total. The van der Waals surface area contributed by atoms with Crippen LogP contribution in [0.1, 0.15) is 6.42 Å². The Kier molecular flexibility index (Phi) is 2.48. The van der Waals surface area contributed by atoms with Crippen molar-refractivity contribution in [2.24, 2.45) is 5.14 Å². The molecule has 1 unspecified atom stereocenters. The summed E-state index contributed by atoms with van der Waals surface area (Å²) < 4.78 is 21.5. The number of nitrogens with one attached hydrogen (secondary N) is 1. The van der Waals surface area contributed by atoms with Gasteiger partial charge in [0, 0.05) is 13.1 Å². The van der Waals surface area contributed by atoms with Crippen molar-refractivity contribution in [1.82, 2.24) is 5.32 Å². The van der Waals surface area contributed by atoms with Crippen LogP contribution in [0.25, 0.3) is 0 Å². The highest BCUT2D eigenvalue weighted by Gasteiger charge is 2.27. The summed E-state index contributed by atoms with van der Waals surface area (Å²) in [5.74, 6) is 0. The number of primary sulfonamides is 1. The van der Waals surface area contributed by atoms with Gasteiger partial charge in [-0.1, -0.05) is 0 Å². The van der Waals surface area contributed by atoms with E-state index >= 15 is 0 Å². The smallest absolute Gasteiger partial charge is 0.213 e. The van der Waals surface area contributed by atoms with E-state index in [1.54, 1.807) is 0 Å². The minimum atomic E-state index is -3.48. The van der Waals surface area contributed by atoms with Gasteiger partial charge < -0.3 is 10.4 Å². The molecule has 0 aromatic heterocycles. The van der Waals surface area contributed by atoms with Crippen LogP contribution in [0.4, 0.5) is 0 Å². The summed E-state index contributed by atoms with van der Waals surface area (Å²) >= 11 is 0. The highest BCUT2D eigenvalue weighted by molar-refractivity contribution is 7.89. The van der Waals surface area contributed by atoms with Crippen LogP contribution in [0.3, 0.4) is 0 Å². The molecule has 0 aliphatic carbocycles. The maximum Gasteiger partial charge on any atom is 0.213 e. The largest absolute Gasteiger partial charge is 0.392 e. The molecule has 0 amide bonds. The summed E-state index contributed by atoms with van der Waals surface area (Å²) in [6.45, 7) is 0.794. The predicted octanol–water partition coefficient (Wildman–Crippen LogP) is -2.00. The average Bonchev–Trinajstić information content (AvgIpc) is 1.86. The van der Waals surface area contributed by atoms with Crippen molar-refractivity contribution in [1.29, 1.82) is 0 Å². The summed E-state index contributed by atoms with van der Waals surface area (Å²) in [4.78, 5) is 0. The number of nitrogens with two attached hydrogens (primary N) is 1. The van der Waals surface area contributed by atoms with Gasteiger partial charge >= 0.3 is 0 Å². The molecule has 2 atom stereocenters. The fraction of sp³-hybridized carbons (Fsp3) is 1.00. The Morgan fingerprint density at radius 3 is 2.45 bits per heavy atom. The molecule has 1 saturated heterocycles. The first-order valence-corrected chi connectivity index (χ1v) is 5.01. The highest BCUT2D eigenvalue weighted by atomic mass is 32.2. The normalized spacial score (nSPS) is 33.6. The maximum atomic E-state index is 10.8. The van der Waals surface area contributed by atoms with E-state index < -0.39 is 21.4 Å². The fourth-order valence-electron chi connectivity index (χ4n) is 1.13. The van der Waals surface area contributed by atoms with Gasteiger partial charge in [0.2, 0.25) is 10.0 Å². The van der Waals surface area contributed by atoms with E-state index in [1.807, 2.05) is 0 Å². The number of piperidine rings is 1. The van der Waals surface area contributed by atoms with Crippen molar-refractivity contribution in [2.45, 2.75) is 17.8 Å². The standard InChI is InChI=1S/C5H12N2O3S/c6-11(9,10)5-1-4(8)2-7-3-5/h4-5,7-8H,1-3H2,(H2,6,9,10)/t4-,5?/m1/s1. The van der Waals surface area contributed by atoms with Gasteiger partial charge in [-0.3, -0.25) is 0 Å². The molecule has 4 N–H and O–H groups in total. The van der Waals surface area contributed by atoms with Gasteiger partial charge in [0.15, 0.2) is 0 Å². The van der Waals surface area contributed by atoms with Crippen LogP contribution in [0, 0.1) is 0 Å². The Balaban J connectivity index is 2.60. The van der Waals surface area contributed by atoms with Crippen molar-refractivity contribution < 1.29 is 13.5 Å². The Morgan fingerprint density at radius 2 is 2.09 bits per heavy atom. The van der Waals surface area contributed by atoms with Crippen LogP contribution >= 0.6 is 0 Å². The molecular weight excluding hydrogens is 168 g/mol. The molecule has 66 valence electrons. The zero-order valence-electron chi connectivity index (χ0n) is 6.03. The van der Waals surface area contributed by atoms with Gasteiger partial charge in [-0.25, -0.2) is 13.6 Å². The van der Waals surface area contributed by atoms with Crippen LogP contribution in [0.15, 0.2) is 0 Å². The van der Waals surface area contributed by atoms with Crippen LogP contribution < -0.4 is 10.5 Å². The second-order valence-electron chi connectivity index (χ2n) is 2.76. The summed E-state index contributed by atoms with van der Waals surface area (Å²) in [5.41, 5.74) is 0. The van der Waals surface area contributed by atoms with Crippen LogP contribution in [-0.4, -0.2) is 38.0 Å². The van der Waals surface area contributed by atoms with E-state index in [-0.39, 0.29) is 6.42 Å². The molecule has 1 fully saturated rings. The van der Waals surface area contributed by atoms with E-state index in [2.05, 4.69) is 5.32 Å². The van der Waals surface area contributed by atoms with Gasteiger partial charge in [-0.2, -0.15) is 0 Å². The summed E-state index contributed by atoms with van der Waals surface area (Å²) in [6.07, 6.45) is -0.349. The van der Waals surface area contributed by atoms with Gasteiger partial charge in [-0.05, 0) is 6.42 Å². The Hall–Kier alpha value is -0.170. The first kappa shape index (κ1) is 8.92. The third-order valence-electron chi connectivity index (χ3n) is 1.75. The van der Waals surface area contributed by atoms with Crippen LogP contribution in [0.5, 0.6) is 0 Å². The summed E-state index contributed by atoms with van der Waals surface area (Å²) in [6, 6.07) is 0. The van der Waals surface area contributed by atoms with Gasteiger partial charge in [-0.15, -0.1) is 0 Å². The third kappa shape index (κ3) is 2.41. The molecule has 1 heterocycles. The van der Waals surface area contributed by atoms with E-state index in [1.165, 1.54) is 0 Å². The lowest BCUT2D eigenvalue weighted by Crippen LogP contribution is -2.47. The van der Waals surface area contributed by atoms with Crippen LogP contribution in [-0.2, 0) is 10.0 Å². The quantitative estimate of drug-likeness (QED) is 0.435. The number of hydrogen-bond acceptors (Lipinski definition) is 4. The summed E-state index contributed by atoms with van der Waals surface area (Å²) in [5, 5.41) is 16.1.